The Morgan fingerprint density at radius 1 is 1.50 bits per heavy atom. The lowest BCUT2D eigenvalue weighted by atomic mass is 10.0. The summed E-state index contributed by atoms with van der Waals surface area (Å²) in [6, 6.07) is 5.09. The number of carbonyl (C=O) groups is 1. The van der Waals surface area contributed by atoms with Gasteiger partial charge in [0.15, 0.2) is 0 Å². The summed E-state index contributed by atoms with van der Waals surface area (Å²) in [6.07, 6.45) is 0.222. The van der Waals surface area contributed by atoms with Crippen LogP contribution < -0.4 is 0 Å². The van der Waals surface area contributed by atoms with Gasteiger partial charge >= 0.3 is 0 Å². The monoisotopic (exact) mass is 276 g/mol. The van der Waals surface area contributed by atoms with E-state index in [1.807, 2.05) is 6.07 Å². The molecule has 4 heteroatoms. The van der Waals surface area contributed by atoms with Gasteiger partial charge in [0.2, 0.25) is 0 Å². The van der Waals surface area contributed by atoms with Crippen LogP contribution in [0.2, 0.25) is 0 Å². The van der Waals surface area contributed by atoms with Crippen LogP contribution >= 0.6 is 27.5 Å². The maximum atomic E-state index is 11.2. The van der Waals surface area contributed by atoms with Crippen LogP contribution in [0.5, 0.6) is 5.75 Å². The number of phenolic OH excluding ortho intramolecular Hbond substituents is 1. The molecule has 1 aromatic carbocycles. The molecule has 0 spiro atoms. The van der Waals surface area contributed by atoms with Gasteiger partial charge in [0, 0.05) is 17.9 Å². The Bertz CT molecular complexity index is 339. The molecule has 76 valence electrons. The molecule has 0 radical (unpaired) electrons. The highest BCUT2D eigenvalue weighted by atomic mass is 79.9. The lowest BCUT2D eigenvalue weighted by Gasteiger charge is -2.07. The van der Waals surface area contributed by atoms with E-state index in [9.17, 15) is 9.90 Å². The highest BCUT2D eigenvalue weighted by Crippen LogP contribution is 2.23. The molecule has 0 aliphatic rings. The lowest BCUT2D eigenvalue weighted by molar-refractivity contribution is -0.115. The van der Waals surface area contributed by atoms with Gasteiger partial charge in [-0.25, -0.2) is 0 Å². The summed E-state index contributed by atoms with van der Waals surface area (Å²) in [5, 5.41) is 9.84. The first-order valence-corrected chi connectivity index (χ1v) is 5.78. The number of phenols is 1. The molecule has 0 atom stereocenters. The standard InChI is InChI=1S/C10H10BrClO2/c11-5-8(13)4-9-7(6-12)2-1-3-10(9)14/h1-3,14H,4-6H2. The van der Waals surface area contributed by atoms with Gasteiger partial charge in [0.25, 0.3) is 0 Å². The third-order valence-corrected chi connectivity index (χ3v) is 2.83. The fraction of sp³-hybridized carbons (Fsp3) is 0.300. The van der Waals surface area contributed by atoms with Crippen molar-refractivity contribution in [1.82, 2.24) is 0 Å². The number of halogens is 2. The molecule has 0 saturated heterocycles. The quantitative estimate of drug-likeness (QED) is 0.859. The molecule has 2 nitrogen and oxygen atoms in total. The van der Waals surface area contributed by atoms with Crippen LogP contribution in [-0.2, 0) is 17.1 Å². The number of rotatable bonds is 4. The first-order chi connectivity index (χ1) is 6.69. The number of ketones is 1. The van der Waals surface area contributed by atoms with Crippen LogP contribution in [0.1, 0.15) is 11.1 Å². The molecule has 0 amide bonds. The average molecular weight is 278 g/mol. The third-order valence-electron chi connectivity index (χ3n) is 1.92. The zero-order chi connectivity index (χ0) is 10.6. The van der Waals surface area contributed by atoms with Crippen molar-refractivity contribution >= 4 is 33.3 Å². The lowest BCUT2D eigenvalue weighted by Crippen LogP contribution is -2.05. The van der Waals surface area contributed by atoms with Crippen molar-refractivity contribution in [2.45, 2.75) is 12.3 Å². The predicted molar refractivity (Wildman–Crippen MR) is 60.2 cm³/mol. The van der Waals surface area contributed by atoms with E-state index in [0.717, 1.165) is 5.56 Å². The number of carbonyl (C=O) groups excluding carboxylic acids is 1. The SMILES string of the molecule is O=C(CBr)Cc1c(O)cccc1CCl. The van der Waals surface area contributed by atoms with Crippen molar-refractivity contribution in [3.05, 3.63) is 29.3 Å². The first-order valence-electron chi connectivity index (χ1n) is 4.12. The van der Waals surface area contributed by atoms with E-state index in [2.05, 4.69) is 15.9 Å². The Balaban J connectivity index is 2.98. The molecule has 14 heavy (non-hydrogen) atoms. The normalized spacial score (nSPS) is 10.1. The molecule has 0 aromatic heterocycles. The fourth-order valence-electron chi connectivity index (χ4n) is 1.19. The van der Waals surface area contributed by atoms with Gasteiger partial charge in [-0.3, -0.25) is 4.79 Å². The molecule has 1 rings (SSSR count). The number of alkyl halides is 2. The number of Topliss-reactive ketones (excluding diaryl/α,β-unsaturated/α-hetero) is 1. The second kappa shape index (κ2) is 5.37. The van der Waals surface area contributed by atoms with Crippen LogP contribution in [0.25, 0.3) is 0 Å². The van der Waals surface area contributed by atoms with Crippen molar-refractivity contribution in [2.75, 3.05) is 5.33 Å². The molecular weight excluding hydrogens is 267 g/mol. The number of aromatic hydroxyl groups is 1. The van der Waals surface area contributed by atoms with E-state index in [0.29, 0.717) is 16.8 Å². The second-order valence-electron chi connectivity index (χ2n) is 2.90. The number of benzene rings is 1. The van der Waals surface area contributed by atoms with Gasteiger partial charge in [-0.1, -0.05) is 28.1 Å². The van der Waals surface area contributed by atoms with Crippen LogP contribution in [0.3, 0.4) is 0 Å². The minimum Gasteiger partial charge on any atom is -0.508 e. The Morgan fingerprint density at radius 3 is 2.79 bits per heavy atom. The molecule has 1 aromatic rings. The van der Waals surface area contributed by atoms with Gasteiger partial charge in [0.1, 0.15) is 11.5 Å². The summed E-state index contributed by atoms with van der Waals surface area (Å²) in [5.41, 5.74) is 1.44. The molecule has 0 heterocycles. The molecule has 0 fully saturated rings. The van der Waals surface area contributed by atoms with Crippen molar-refractivity contribution in [1.29, 1.82) is 0 Å². The van der Waals surface area contributed by atoms with Crippen molar-refractivity contribution in [3.8, 4) is 5.75 Å². The Labute approximate surface area is 96.0 Å². The van der Waals surface area contributed by atoms with E-state index >= 15 is 0 Å². The summed E-state index contributed by atoms with van der Waals surface area (Å²) in [7, 11) is 0. The molecule has 0 unspecified atom stereocenters. The number of hydrogen-bond donors (Lipinski definition) is 1. The molecule has 0 aliphatic carbocycles. The maximum Gasteiger partial charge on any atom is 0.147 e. The van der Waals surface area contributed by atoms with Gasteiger partial charge in [0.05, 0.1) is 5.33 Å². The minimum absolute atomic E-state index is 0.0258. The molecule has 0 bridgehead atoms. The van der Waals surface area contributed by atoms with Gasteiger partial charge in [-0.15, -0.1) is 11.6 Å². The average Bonchev–Trinajstić information content (AvgIpc) is 2.20. The summed E-state index contributed by atoms with van der Waals surface area (Å²) < 4.78 is 0. The van der Waals surface area contributed by atoms with Gasteiger partial charge < -0.3 is 5.11 Å². The van der Waals surface area contributed by atoms with Crippen molar-refractivity contribution < 1.29 is 9.90 Å². The van der Waals surface area contributed by atoms with Crippen LogP contribution in [0.15, 0.2) is 18.2 Å². The maximum absolute atomic E-state index is 11.2. The Morgan fingerprint density at radius 2 is 2.21 bits per heavy atom. The number of hydrogen-bond acceptors (Lipinski definition) is 2. The fourth-order valence-corrected chi connectivity index (χ4v) is 1.64. The van der Waals surface area contributed by atoms with E-state index in [4.69, 9.17) is 11.6 Å². The molecule has 1 N–H and O–H groups in total. The Hall–Kier alpha value is -0.540. The van der Waals surface area contributed by atoms with Gasteiger partial charge in [-0.2, -0.15) is 0 Å². The molecule has 0 saturated carbocycles. The molecular formula is C10H10BrClO2. The Kier molecular flexibility index (Phi) is 4.42. The zero-order valence-corrected chi connectivity index (χ0v) is 9.81. The first kappa shape index (κ1) is 11.5. The largest absolute Gasteiger partial charge is 0.508 e. The van der Waals surface area contributed by atoms with Crippen LogP contribution in [-0.4, -0.2) is 16.2 Å². The summed E-state index contributed by atoms with van der Waals surface area (Å²) in [5.74, 6) is 0.467. The smallest absolute Gasteiger partial charge is 0.147 e. The summed E-state index contributed by atoms with van der Waals surface area (Å²) >= 11 is 8.78. The highest BCUT2D eigenvalue weighted by molar-refractivity contribution is 9.09. The zero-order valence-electron chi connectivity index (χ0n) is 7.46. The predicted octanol–water partition coefficient (Wildman–Crippen LogP) is 2.64. The second-order valence-corrected chi connectivity index (χ2v) is 3.73. The van der Waals surface area contributed by atoms with E-state index in [1.165, 1.54) is 0 Å². The van der Waals surface area contributed by atoms with Crippen LogP contribution in [0.4, 0.5) is 0 Å². The van der Waals surface area contributed by atoms with E-state index in [-0.39, 0.29) is 18.0 Å². The van der Waals surface area contributed by atoms with E-state index < -0.39 is 0 Å². The highest BCUT2D eigenvalue weighted by Gasteiger charge is 2.10. The third kappa shape index (κ3) is 2.72. The summed E-state index contributed by atoms with van der Waals surface area (Å²) in [4.78, 5) is 11.2. The minimum atomic E-state index is 0.0258. The summed E-state index contributed by atoms with van der Waals surface area (Å²) in [6.45, 7) is 0. The van der Waals surface area contributed by atoms with E-state index in [1.54, 1.807) is 12.1 Å². The molecule has 0 aliphatic heterocycles. The van der Waals surface area contributed by atoms with Crippen LogP contribution in [0, 0.1) is 0 Å². The van der Waals surface area contributed by atoms with Crippen molar-refractivity contribution in [2.24, 2.45) is 0 Å². The van der Waals surface area contributed by atoms with Gasteiger partial charge in [-0.05, 0) is 11.6 Å². The van der Waals surface area contributed by atoms with Crippen molar-refractivity contribution in [3.63, 3.8) is 0 Å². The topological polar surface area (TPSA) is 37.3 Å².